The quantitative estimate of drug-likeness (QED) is 0.911. The average Bonchev–Trinajstić information content (AvgIpc) is 3.26. The Morgan fingerprint density at radius 1 is 1.26 bits per heavy atom. The number of rotatable bonds is 3. The Balaban J connectivity index is 1.53. The maximum absolute atomic E-state index is 12.4. The molecular formula is C17H19N3OS2. The second kappa shape index (κ2) is 6.53. The molecule has 2 aromatic rings. The van der Waals surface area contributed by atoms with Gasteiger partial charge in [0.25, 0.3) is 5.91 Å². The van der Waals surface area contributed by atoms with Crippen LogP contribution in [-0.4, -0.2) is 29.2 Å². The highest BCUT2D eigenvalue weighted by molar-refractivity contribution is 7.99. The summed E-state index contributed by atoms with van der Waals surface area (Å²) in [6, 6.07) is 8.44. The highest BCUT2D eigenvalue weighted by Crippen LogP contribution is 2.40. The van der Waals surface area contributed by atoms with Crippen LogP contribution < -0.4 is 10.2 Å². The molecule has 3 heterocycles. The molecule has 0 unspecified atom stereocenters. The van der Waals surface area contributed by atoms with E-state index in [2.05, 4.69) is 27.3 Å². The van der Waals surface area contributed by atoms with Gasteiger partial charge in [-0.15, -0.1) is 23.1 Å². The number of nitrogens with one attached hydrogen (secondary N) is 1. The van der Waals surface area contributed by atoms with E-state index in [9.17, 15) is 4.79 Å². The molecule has 2 aliphatic rings. The highest BCUT2D eigenvalue weighted by atomic mass is 32.2. The fourth-order valence-electron chi connectivity index (χ4n) is 3.20. The second-order valence-electron chi connectivity index (χ2n) is 5.92. The minimum absolute atomic E-state index is 0.0749. The van der Waals surface area contributed by atoms with Crippen LogP contribution >= 0.6 is 23.1 Å². The molecular weight excluding hydrogens is 326 g/mol. The first-order chi connectivity index (χ1) is 11.3. The van der Waals surface area contributed by atoms with Crippen molar-refractivity contribution < 1.29 is 4.79 Å². The fraction of sp³-hybridized carbons (Fsp3) is 0.412. The number of pyridine rings is 1. The third-order valence-electron chi connectivity index (χ3n) is 4.37. The van der Waals surface area contributed by atoms with Crippen LogP contribution in [0.2, 0.25) is 0 Å². The van der Waals surface area contributed by atoms with E-state index in [4.69, 9.17) is 0 Å². The number of fused-ring (bicyclic) bond motifs is 1. The first kappa shape index (κ1) is 15.0. The zero-order valence-corrected chi connectivity index (χ0v) is 14.5. The van der Waals surface area contributed by atoms with Gasteiger partial charge in [-0.25, -0.2) is 4.98 Å². The van der Waals surface area contributed by atoms with Crippen LogP contribution in [-0.2, 0) is 0 Å². The largest absolute Gasteiger partial charge is 0.349 e. The molecule has 1 aliphatic carbocycles. The lowest BCUT2D eigenvalue weighted by Gasteiger charge is -2.28. The molecule has 1 saturated carbocycles. The van der Waals surface area contributed by atoms with E-state index in [1.54, 1.807) is 23.1 Å². The molecule has 4 nitrogen and oxygen atoms in total. The Labute approximate surface area is 144 Å². The number of aromatic nitrogens is 1. The molecule has 0 saturated heterocycles. The topological polar surface area (TPSA) is 45.2 Å². The fourth-order valence-corrected chi connectivity index (χ4v) is 5.08. The second-order valence-corrected chi connectivity index (χ2v) is 8.07. The third-order valence-corrected chi connectivity index (χ3v) is 6.45. The Morgan fingerprint density at radius 2 is 2.13 bits per heavy atom. The molecule has 0 radical (unpaired) electrons. The lowest BCUT2D eigenvalue weighted by Crippen LogP contribution is -2.31. The monoisotopic (exact) mass is 345 g/mol. The van der Waals surface area contributed by atoms with E-state index in [1.165, 1.54) is 12.8 Å². The number of hydrogen-bond acceptors (Lipinski definition) is 5. The van der Waals surface area contributed by atoms with Crippen LogP contribution in [0.4, 0.5) is 10.7 Å². The van der Waals surface area contributed by atoms with Gasteiger partial charge in [-0.1, -0.05) is 12.8 Å². The van der Waals surface area contributed by atoms with Gasteiger partial charge in [0, 0.05) is 24.5 Å². The summed E-state index contributed by atoms with van der Waals surface area (Å²) in [5.41, 5.74) is 1.15. The predicted octanol–water partition coefficient (Wildman–Crippen LogP) is 4.06. The van der Waals surface area contributed by atoms with Crippen LogP contribution in [0.25, 0.3) is 0 Å². The first-order valence-corrected chi connectivity index (χ1v) is 9.87. The Hall–Kier alpha value is -1.53. The summed E-state index contributed by atoms with van der Waals surface area (Å²) < 4.78 is 0. The molecule has 6 heteroatoms. The van der Waals surface area contributed by atoms with Gasteiger partial charge in [-0.05, 0) is 37.1 Å². The predicted molar refractivity (Wildman–Crippen MR) is 96.0 cm³/mol. The van der Waals surface area contributed by atoms with Crippen molar-refractivity contribution in [1.82, 2.24) is 10.3 Å². The van der Waals surface area contributed by atoms with E-state index in [0.29, 0.717) is 6.04 Å². The molecule has 0 aromatic carbocycles. The zero-order chi connectivity index (χ0) is 15.6. The maximum atomic E-state index is 12.4. The van der Waals surface area contributed by atoms with E-state index >= 15 is 0 Å². The van der Waals surface area contributed by atoms with Crippen molar-refractivity contribution in [2.75, 3.05) is 17.2 Å². The minimum atomic E-state index is 0.0749. The summed E-state index contributed by atoms with van der Waals surface area (Å²) >= 11 is 3.37. The summed E-state index contributed by atoms with van der Waals surface area (Å²) in [7, 11) is 0. The lowest BCUT2D eigenvalue weighted by atomic mass is 10.2. The molecule has 0 spiro atoms. The van der Waals surface area contributed by atoms with Gasteiger partial charge in [0.1, 0.15) is 5.03 Å². The molecule has 23 heavy (non-hydrogen) atoms. The molecule has 0 bridgehead atoms. The van der Waals surface area contributed by atoms with E-state index in [1.807, 2.05) is 18.3 Å². The van der Waals surface area contributed by atoms with Crippen LogP contribution in [0, 0.1) is 0 Å². The number of anilines is 2. The molecule has 1 N–H and O–H groups in total. The molecule has 1 fully saturated rings. The molecule has 120 valence electrons. The van der Waals surface area contributed by atoms with Gasteiger partial charge in [0.05, 0.1) is 15.6 Å². The summed E-state index contributed by atoms with van der Waals surface area (Å²) in [5.74, 6) is 1.09. The third kappa shape index (κ3) is 3.10. The smallest absolute Gasteiger partial charge is 0.261 e. The summed E-state index contributed by atoms with van der Waals surface area (Å²) in [4.78, 5) is 19.9. The van der Waals surface area contributed by atoms with Gasteiger partial charge in [-0.2, -0.15) is 0 Å². The normalized spacial score (nSPS) is 18.0. The maximum Gasteiger partial charge on any atom is 0.261 e. The minimum Gasteiger partial charge on any atom is -0.349 e. The standard InChI is InChI=1S/C17H19N3OS2/c21-16(19-12-4-1-2-5-12)14-7-8-15(23-14)20-10-11-22-17-13(20)6-3-9-18-17/h3,6-9,12H,1-2,4-5,10-11H2,(H,19,21). The molecule has 4 rings (SSSR count). The van der Waals surface area contributed by atoms with Crippen molar-refractivity contribution in [3.8, 4) is 0 Å². The van der Waals surface area contributed by atoms with Gasteiger partial charge in [0.15, 0.2) is 0 Å². The van der Waals surface area contributed by atoms with E-state index < -0.39 is 0 Å². The Bertz CT molecular complexity index is 709. The summed E-state index contributed by atoms with van der Waals surface area (Å²) in [5, 5.41) is 5.36. The van der Waals surface area contributed by atoms with Crippen molar-refractivity contribution in [2.24, 2.45) is 0 Å². The van der Waals surface area contributed by atoms with Crippen molar-refractivity contribution in [3.05, 3.63) is 35.3 Å². The Morgan fingerprint density at radius 3 is 3.00 bits per heavy atom. The van der Waals surface area contributed by atoms with Gasteiger partial charge in [-0.3, -0.25) is 4.79 Å². The molecule has 0 atom stereocenters. The van der Waals surface area contributed by atoms with E-state index in [-0.39, 0.29) is 5.91 Å². The van der Waals surface area contributed by atoms with Gasteiger partial charge in [0.2, 0.25) is 0 Å². The highest BCUT2D eigenvalue weighted by Gasteiger charge is 2.23. The first-order valence-electron chi connectivity index (χ1n) is 8.07. The number of hydrogen-bond donors (Lipinski definition) is 1. The van der Waals surface area contributed by atoms with Crippen LogP contribution in [0.1, 0.15) is 35.4 Å². The number of nitrogens with zero attached hydrogens (tertiary/aromatic N) is 2. The van der Waals surface area contributed by atoms with E-state index in [0.717, 1.165) is 45.7 Å². The van der Waals surface area contributed by atoms with Crippen LogP contribution in [0.3, 0.4) is 0 Å². The average molecular weight is 345 g/mol. The summed E-state index contributed by atoms with van der Waals surface area (Å²) in [6.45, 7) is 0.952. The van der Waals surface area contributed by atoms with Crippen molar-refractivity contribution in [3.63, 3.8) is 0 Å². The molecule has 1 aliphatic heterocycles. The summed E-state index contributed by atoms with van der Waals surface area (Å²) in [6.07, 6.45) is 6.54. The number of amides is 1. The van der Waals surface area contributed by atoms with Crippen LogP contribution in [0.15, 0.2) is 35.5 Å². The Kier molecular flexibility index (Phi) is 4.27. The van der Waals surface area contributed by atoms with Crippen molar-refractivity contribution in [2.45, 2.75) is 36.8 Å². The molecule has 1 amide bonds. The number of carbonyl (C=O) groups is 1. The van der Waals surface area contributed by atoms with Crippen molar-refractivity contribution in [1.29, 1.82) is 0 Å². The van der Waals surface area contributed by atoms with Gasteiger partial charge < -0.3 is 10.2 Å². The molecule has 2 aromatic heterocycles. The number of thioether (sulfide) groups is 1. The number of thiophene rings is 1. The number of carbonyl (C=O) groups excluding carboxylic acids is 1. The SMILES string of the molecule is O=C(NC1CCCC1)c1ccc(N2CCSc3ncccc32)s1. The van der Waals surface area contributed by atoms with Gasteiger partial charge >= 0.3 is 0 Å². The zero-order valence-electron chi connectivity index (χ0n) is 12.8. The van der Waals surface area contributed by atoms with Crippen molar-refractivity contribution >= 4 is 39.7 Å². The van der Waals surface area contributed by atoms with Crippen LogP contribution in [0.5, 0.6) is 0 Å². The lowest BCUT2D eigenvalue weighted by molar-refractivity contribution is 0.0942.